The van der Waals surface area contributed by atoms with E-state index >= 15 is 0 Å². The van der Waals surface area contributed by atoms with Crippen LogP contribution in [0.25, 0.3) is 0 Å². The molecule has 0 heterocycles. The van der Waals surface area contributed by atoms with E-state index in [9.17, 15) is 13.6 Å². The van der Waals surface area contributed by atoms with Crippen molar-refractivity contribution in [1.29, 1.82) is 0 Å². The second kappa shape index (κ2) is 6.72. The van der Waals surface area contributed by atoms with Crippen LogP contribution in [0.3, 0.4) is 0 Å². The summed E-state index contributed by atoms with van der Waals surface area (Å²) in [6, 6.07) is 10.3. The molecule has 2 aromatic rings. The topological polar surface area (TPSA) is 29.1 Å². The van der Waals surface area contributed by atoms with Gasteiger partial charge in [-0.2, -0.15) is 0 Å². The van der Waals surface area contributed by atoms with Gasteiger partial charge in [-0.3, -0.25) is 4.79 Å². The maximum atomic E-state index is 13.1. The van der Waals surface area contributed by atoms with Crippen LogP contribution in [0, 0.1) is 11.6 Å². The Morgan fingerprint density at radius 2 is 1.67 bits per heavy atom. The first-order chi connectivity index (χ1) is 9.99. The average Bonchev–Trinajstić information content (AvgIpc) is 2.46. The normalized spacial score (nSPS) is 12.0. The van der Waals surface area contributed by atoms with Crippen LogP contribution >= 0.6 is 11.8 Å². The van der Waals surface area contributed by atoms with E-state index in [-0.39, 0.29) is 11.6 Å². The van der Waals surface area contributed by atoms with E-state index in [0.717, 1.165) is 28.7 Å². The van der Waals surface area contributed by atoms with Crippen molar-refractivity contribution < 1.29 is 13.6 Å². The Labute approximate surface area is 126 Å². The Morgan fingerprint density at radius 3 is 2.19 bits per heavy atom. The Kier molecular flexibility index (Phi) is 4.96. The van der Waals surface area contributed by atoms with Gasteiger partial charge in [0.1, 0.15) is 11.6 Å². The Morgan fingerprint density at radius 1 is 1.10 bits per heavy atom. The monoisotopic (exact) mass is 307 g/mol. The molecule has 1 atom stereocenters. The highest BCUT2D eigenvalue weighted by Gasteiger charge is 2.13. The van der Waals surface area contributed by atoms with Crippen molar-refractivity contribution in [1.82, 2.24) is 5.32 Å². The van der Waals surface area contributed by atoms with Crippen molar-refractivity contribution in [2.75, 3.05) is 6.26 Å². The number of thioether (sulfide) groups is 1. The molecule has 0 bridgehead atoms. The predicted octanol–water partition coefficient (Wildman–Crippen LogP) is 4.18. The van der Waals surface area contributed by atoms with Crippen LogP contribution in [0.4, 0.5) is 8.78 Å². The molecule has 0 saturated carbocycles. The highest BCUT2D eigenvalue weighted by atomic mass is 32.2. The lowest BCUT2D eigenvalue weighted by Crippen LogP contribution is -2.26. The molecule has 1 N–H and O–H groups in total. The van der Waals surface area contributed by atoms with E-state index in [1.165, 1.54) is 0 Å². The summed E-state index contributed by atoms with van der Waals surface area (Å²) in [6.45, 7) is 1.82. The van der Waals surface area contributed by atoms with Crippen LogP contribution in [0.1, 0.15) is 28.9 Å². The van der Waals surface area contributed by atoms with E-state index in [1.807, 2.05) is 37.4 Å². The van der Waals surface area contributed by atoms with Gasteiger partial charge >= 0.3 is 0 Å². The number of hydrogen-bond donors (Lipinski definition) is 1. The quantitative estimate of drug-likeness (QED) is 0.859. The number of carbonyl (C=O) groups excluding carboxylic acids is 1. The first-order valence-corrected chi connectivity index (χ1v) is 7.63. The molecule has 2 nitrogen and oxygen atoms in total. The van der Waals surface area contributed by atoms with Crippen LogP contribution in [-0.4, -0.2) is 12.2 Å². The largest absolute Gasteiger partial charge is 0.346 e. The fraction of sp³-hybridized carbons (Fsp3) is 0.188. The Hall–Kier alpha value is -1.88. The van der Waals surface area contributed by atoms with E-state index in [1.54, 1.807) is 11.8 Å². The zero-order chi connectivity index (χ0) is 15.4. The van der Waals surface area contributed by atoms with Crippen LogP contribution < -0.4 is 5.32 Å². The summed E-state index contributed by atoms with van der Waals surface area (Å²) in [4.78, 5) is 13.1. The smallest absolute Gasteiger partial charge is 0.251 e. The van der Waals surface area contributed by atoms with Crippen LogP contribution in [0.5, 0.6) is 0 Å². The molecule has 0 fully saturated rings. The molecule has 0 aliphatic heterocycles. The average molecular weight is 307 g/mol. The van der Waals surface area contributed by atoms with Crippen molar-refractivity contribution in [3.05, 3.63) is 65.2 Å². The number of halogens is 2. The molecule has 2 rings (SSSR count). The first-order valence-electron chi connectivity index (χ1n) is 6.40. The second-order valence-corrected chi connectivity index (χ2v) is 5.51. The van der Waals surface area contributed by atoms with Crippen molar-refractivity contribution in [2.45, 2.75) is 17.9 Å². The third kappa shape index (κ3) is 4.04. The molecule has 1 amide bonds. The summed E-state index contributed by atoms with van der Waals surface area (Å²) in [6.07, 6.45) is 1.98. The van der Waals surface area contributed by atoms with Gasteiger partial charge in [0, 0.05) is 16.5 Å². The third-order valence-corrected chi connectivity index (χ3v) is 3.83. The zero-order valence-electron chi connectivity index (χ0n) is 11.7. The maximum Gasteiger partial charge on any atom is 0.251 e. The van der Waals surface area contributed by atoms with E-state index in [0.29, 0.717) is 0 Å². The number of hydrogen-bond acceptors (Lipinski definition) is 2. The molecule has 0 spiro atoms. The molecular formula is C16H15F2NOS. The lowest BCUT2D eigenvalue weighted by Gasteiger charge is -2.15. The van der Waals surface area contributed by atoms with E-state index in [4.69, 9.17) is 0 Å². The summed E-state index contributed by atoms with van der Waals surface area (Å²) in [5.41, 5.74) is 0.901. The van der Waals surface area contributed by atoms with Gasteiger partial charge in [-0.25, -0.2) is 8.78 Å². The molecule has 0 saturated heterocycles. The minimum Gasteiger partial charge on any atom is -0.346 e. The van der Waals surface area contributed by atoms with Crippen molar-refractivity contribution >= 4 is 17.7 Å². The van der Waals surface area contributed by atoms with E-state index in [2.05, 4.69) is 5.32 Å². The maximum absolute atomic E-state index is 13.1. The fourth-order valence-electron chi connectivity index (χ4n) is 1.94. The molecule has 0 aliphatic rings. The summed E-state index contributed by atoms with van der Waals surface area (Å²) in [5, 5.41) is 2.73. The van der Waals surface area contributed by atoms with Gasteiger partial charge in [0.15, 0.2) is 0 Å². The molecule has 0 radical (unpaired) electrons. The van der Waals surface area contributed by atoms with Gasteiger partial charge in [-0.1, -0.05) is 12.1 Å². The minimum atomic E-state index is -0.767. The number of nitrogens with one attached hydrogen (secondary N) is 1. The highest BCUT2D eigenvalue weighted by molar-refractivity contribution is 7.98. The summed E-state index contributed by atoms with van der Waals surface area (Å²) in [5.74, 6) is -2.04. The van der Waals surface area contributed by atoms with Crippen molar-refractivity contribution in [2.24, 2.45) is 0 Å². The lowest BCUT2D eigenvalue weighted by molar-refractivity contribution is 0.0939. The van der Waals surface area contributed by atoms with Crippen LogP contribution in [-0.2, 0) is 0 Å². The number of benzene rings is 2. The molecule has 2 aromatic carbocycles. The fourth-order valence-corrected chi connectivity index (χ4v) is 2.35. The van der Waals surface area contributed by atoms with Crippen LogP contribution in [0.15, 0.2) is 47.4 Å². The molecule has 0 aromatic heterocycles. The summed E-state index contributed by atoms with van der Waals surface area (Å²) in [7, 11) is 0. The van der Waals surface area contributed by atoms with Gasteiger partial charge < -0.3 is 5.32 Å². The van der Waals surface area contributed by atoms with Crippen molar-refractivity contribution in [3.8, 4) is 0 Å². The molecule has 0 aliphatic carbocycles. The van der Waals surface area contributed by atoms with E-state index < -0.39 is 17.5 Å². The SMILES string of the molecule is CSc1ccc([C@H](C)NC(=O)c2cc(F)cc(F)c2)cc1. The first kappa shape index (κ1) is 15.5. The predicted molar refractivity (Wildman–Crippen MR) is 80.5 cm³/mol. The standard InChI is InChI=1S/C16H15F2NOS/c1-10(11-3-5-15(21-2)6-4-11)19-16(20)12-7-13(17)9-14(18)8-12/h3-10H,1-2H3,(H,19,20)/t10-/m0/s1. The summed E-state index contributed by atoms with van der Waals surface area (Å²) >= 11 is 1.63. The van der Waals surface area contributed by atoms with Gasteiger partial charge in [-0.15, -0.1) is 11.8 Å². The molecule has 0 unspecified atom stereocenters. The number of carbonyl (C=O) groups is 1. The Bertz CT molecular complexity index is 623. The third-order valence-electron chi connectivity index (χ3n) is 3.09. The Balaban J connectivity index is 2.10. The van der Waals surface area contributed by atoms with Crippen LogP contribution in [0.2, 0.25) is 0 Å². The van der Waals surface area contributed by atoms with Crippen molar-refractivity contribution in [3.63, 3.8) is 0 Å². The van der Waals surface area contributed by atoms with Gasteiger partial charge in [0.25, 0.3) is 5.91 Å². The van der Waals surface area contributed by atoms with Gasteiger partial charge in [0.2, 0.25) is 0 Å². The van der Waals surface area contributed by atoms with Gasteiger partial charge in [0.05, 0.1) is 6.04 Å². The molecule has 110 valence electrons. The zero-order valence-corrected chi connectivity index (χ0v) is 12.5. The lowest BCUT2D eigenvalue weighted by atomic mass is 10.1. The molecular weight excluding hydrogens is 292 g/mol. The number of amides is 1. The second-order valence-electron chi connectivity index (χ2n) is 4.63. The molecule has 5 heteroatoms. The minimum absolute atomic E-state index is 0.0277. The highest BCUT2D eigenvalue weighted by Crippen LogP contribution is 2.19. The molecule has 21 heavy (non-hydrogen) atoms. The number of rotatable bonds is 4. The van der Waals surface area contributed by atoms with Gasteiger partial charge in [-0.05, 0) is 43.0 Å². The summed E-state index contributed by atoms with van der Waals surface area (Å²) < 4.78 is 26.2.